The van der Waals surface area contributed by atoms with Gasteiger partial charge in [-0.25, -0.2) is 22.9 Å². The maximum Gasteiger partial charge on any atom is 0.335 e. The summed E-state index contributed by atoms with van der Waals surface area (Å²) in [6.07, 6.45) is 7.22. The van der Waals surface area contributed by atoms with Crippen LogP contribution in [-0.2, 0) is 10.0 Å². The van der Waals surface area contributed by atoms with Crippen LogP contribution in [0.5, 0.6) is 17.6 Å². The predicted octanol–water partition coefficient (Wildman–Crippen LogP) is 5.16. The number of sulfonamides is 1. The van der Waals surface area contributed by atoms with Gasteiger partial charge in [-0.15, -0.1) is 0 Å². The van der Waals surface area contributed by atoms with Gasteiger partial charge >= 0.3 is 12.0 Å². The number of carboxylic acid groups (broad SMARTS) is 1. The van der Waals surface area contributed by atoms with Crippen LogP contribution in [0.2, 0.25) is 0 Å². The molecule has 0 unspecified atom stereocenters. The third-order valence-corrected chi connectivity index (χ3v) is 8.41. The molecule has 0 amide bonds. The largest absolute Gasteiger partial charge is 0.493 e. The van der Waals surface area contributed by atoms with Gasteiger partial charge in [0.1, 0.15) is 10.6 Å². The van der Waals surface area contributed by atoms with E-state index in [0.29, 0.717) is 46.0 Å². The molecular weight excluding hydrogens is 574 g/mol. The number of hydrogen-bond donors (Lipinski definition) is 3. The fraction of sp³-hybridized carbons (Fsp3) is 0.333. The van der Waals surface area contributed by atoms with Gasteiger partial charge in [0.15, 0.2) is 0 Å². The highest BCUT2D eigenvalue weighted by atomic mass is 32.2. The zero-order valence-electron chi connectivity index (χ0n) is 24.1. The first-order valence-corrected chi connectivity index (χ1v) is 15.4. The van der Waals surface area contributed by atoms with Crippen molar-refractivity contribution >= 4 is 38.3 Å². The van der Waals surface area contributed by atoms with Crippen molar-refractivity contribution in [3.63, 3.8) is 0 Å². The number of pyridine rings is 1. The van der Waals surface area contributed by atoms with Crippen molar-refractivity contribution in [1.29, 1.82) is 0 Å². The summed E-state index contributed by atoms with van der Waals surface area (Å²) >= 11 is 0. The topological polar surface area (TPSA) is 162 Å². The van der Waals surface area contributed by atoms with Crippen molar-refractivity contribution in [3.05, 3.63) is 54.4 Å². The number of carboxylic acids is 1. The molecule has 0 aliphatic heterocycles. The van der Waals surface area contributed by atoms with Crippen molar-refractivity contribution in [1.82, 2.24) is 19.7 Å². The van der Waals surface area contributed by atoms with E-state index < -0.39 is 16.0 Å². The lowest BCUT2D eigenvalue weighted by molar-refractivity contribution is 0.0696. The van der Waals surface area contributed by atoms with E-state index >= 15 is 0 Å². The van der Waals surface area contributed by atoms with E-state index in [9.17, 15) is 18.3 Å². The van der Waals surface area contributed by atoms with Gasteiger partial charge in [0, 0.05) is 35.6 Å². The Morgan fingerprint density at radius 1 is 1.05 bits per heavy atom. The van der Waals surface area contributed by atoms with E-state index in [2.05, 4.69) is 31.9 Å². The average molecular weight is 608 g/mol. The smallest absolute Gasteiger partial charge is 0.335 e. The number of nitrogens with one attached hydrogen (secondary N) is 2. The Labute approximate surface area is 249 Å². The number of nitrogens with zero attached hydrogens (tertiary/aromatic N) is 3. The van der Waals surface area contributed by atoms with Crippen LogP contribution >= 0.6 is 0 Å². The standard InChI is InChI=1S/C30H33N5O7S/c1-4-5-6-11-42-22-13-19(29(36)37)12-21(15-22)33-27-23-10-7-18(24-16-32-30(41-3)34-28(24)40-2)14-25(23)31-17-26(27)43(38,39)35-20-8-9-20/h7,10,12-17,20,35H,4-6,8-9,11H2,1-3H3,(H,31,33)(H,36,37). The number of aromatic carboxylic acids is 1. The minimum absolute atomic E-state index is 0.00301. The number of fused-ring (bicyclic) bond motifs is 1. The minimum atomic E-state index is -3.95. The van der Waals surface area contributed by atoms with Crippen LogP contribution in [0.3, 0.4) is 0 Å². The fourth-order valence-corrected chi connectivity index (χ4v) is 5.95. The van der Waals surface area contributed by atoms with Crippen molar-refractivity contribution in [2.45, 2.75) is 50.0 Å². The van der Waals surface area contributed by atoms with Crippen LogP contribution < -0.4 is 24.2 Å². The molecule has 12 nitrogen and oxygen atoms in total. The molecule has 4 aromatic rings. The molecule has 0 radical (unpaired) electrons. The second-order valence-electron chi connectivity index (χ2n) is 10.1. The molecule has 0 saturated heterocycles. The molecule has 0 bridgehead atoms. The summed E-state index contributed by atoms with van der Waals surface area (Å²) in [5.41, 5.74) is 2.37. The number of methoxy groups -OCH3 is 2. The number of aromatic nitrogens is 3. The van der Waals surface area contributed by atoms with E-state index in [0.717, 1.165) is 32.1 Å². The SMILES string of the molecule is CCCCCOc1cc(Nc2c(S(=O)(=O)NC3CC3)cnc3cc(-c4cnc(OC)nc4OC)ccc23)cc(C(=O)O)c1. The van der Waals surface area contributed by atoms with Crippen LogP contribution in [0.25, 0.3) is 22.0 Å². The van der Waals surface area contributed by atoms with E-state index in [4.69, 9.17) is 14.2 Å². The van der Waals surface area contributed by atoms with Gasteiger partial charge in [-0.1, -0.05) is 31.9 Å². The lowest BCUT2D eigenvalue weighted by Gasteiger charge is -2.17. The molecule has 226 valence electrons. The summed E-state index contributed by atoms with van der Waals surface area (Å²) in [7, 11) is -1.01. The quantitative estimate of drug-likeness (QED) is 0.162. The zero-order valence-corrected chi connectivity index (χ0v) is 24.9. The molecule has 0 spiro atoms. The molecule has 2 heterocycles. The number of benzene rings is 2. The van der Waals surface area contributed by atoms with Crippen molar-refractivity contribution in [3.8, 4) is 28.8 Å². The van der Waals surface area contributed by atoms with E-state index in [1.54, 1.807) is 30.5 Å². The molecule has 1 aliphatic rings. The second-order valence-corrected chi connectivity index (χ2v) is 11.8. The Morgan fingerprint density at radius 3 is 2.56 bits per heavy atom. The summed E-state index contributed by atoms with van der Waals surface area (Å²) in [6, 6.07) is 9.86. The molecule has 5 rings (SSSR count). The van der Waals surface area contributed by atoms with Crippen LogP contribution in [-0.4, -0.2) is 61.3 Å². The van der Waals surface area contributed by atoms with Gasteiger partial charge in [-0.3, -0.25) is 4.98 Å². The highest BCUT2D eigenvalue weighted by molar-refractivity contribution is 7.89. The third-order valence-electron chi connectivity index (χ3n) is 6.88. The van der Waals surface area contributed by atoms with Gasteiger partial charge in [0.2, 0.25) is 15.9 Å². The monoisotopic (exact) mass is 607 g/mol. The molecule has 1 aliphatic carbocycles. The van der Waals surface area contributed by atoms with Gasteiger partial charge < -0.3 is 24.6 Å². The van der Waals surface area contributed by atoms with Gasteiger partial charge in [0.25, 0.3) is 0 Å². The molecular formula is C30H33N5O7S. The lowest BCUT2D eigenvalue weighted by Crippen LogP contribution is -2.26. The summed E-state index contributed by atoms with van der Waals surface area (Å²) in [5, 5.41) is 13.4. The Kier molecular flexibility index (Phi) is 8.92. The average Bonchev–Trinajstić information content (AvgIpc) is 3.82. The van der Waals surface area contributed by atoms with E-state index in [-0.39, 0.29) is 28.2 Å². The summed E-state index contributed by atoms with van der Waals surface area (Å²) in [5.74, 6) is -0.467. The predicted molar refractivity (Wildman–Crippen MR) is 161 cm³/mol. The molecule has 3 N–H and O–H groups in total. The summed E-state index contributed by atoms with van der Waals surface area (Å²) < 4.78 is 46.0. The summed E-state index contributed by atoms with van der Waals surface area (Å²) in [4.78, 5) is 24.8. The van der Waals surface area contributed by atoms with Crippen LogP contribution in [0, 0.1) is 0 Å². The Balaban J connectivity index is 1.60. The number of carbonyl (C=O) groups is 1. The minimum Gasteiger partial charge on any atom is -0.493 e. The number of hydrogen-bond acceptors (Lipinski definition) is 10. The molecule has 1 saturated carbocycles. The first-order valence-electron chi connectivity index (χ1n) is 13.9. The number of unbranched alkanes of at least 4 members (excludes halogenated alkanes) is 2. The molecule has 2 aromatic carbocycles. The van der Waals surface area contributed by atoms with Crippen molar-refractivity contribution in [2.24, 2.45) is 0 Å². The van der Waals surface area contributed by atoms with Gasteiger partial charge in [-0.05, 0) is 43.0 Å². The number of rotatable bonds is 14. The molecule has 13 heteroatoms. The van der Waals surface area contributed by atoms with Crippen LogP contribution in [0.1, 0.15) is 49.4 Å². The Bertz CT molecular complexity index is 1760. The fourth-order valence-electron chi connectivity index (χ4n) is 4.53. The first-order chi connectivity index (χ1) is 20.7. The van der Waals surface area contributed by atoms with Crippen LogP contribution in [0.15, 0.2) is 53.7 Å². The molecule has 1 fully saturated rings. The van der Waals surface area contributed by atoms with Crippen molar-refractivity contribution < 1.29 is 32.5 Å². The Hall–Kier alpha value is -4.49. The number of ether oxygens (including phenoxy) is 3. The maximum absolute atomic E-state index is 13.5. The van der Waals surface area contributed by atoms with E-state index in [1.165, 1.54) is 32.5 Å². The van der Waals surface area contributed by atoms with E-state index in [1.807, 2.05) is 0 Å². The first kappa shape index (κ1) is 30.0. The second kappa shape index (κ2) is 12.8. The van der Waals surface area contributed by atoms with Gasteiger partial charge in [-0.2, -0.15) is 4.98 Å². The Morgan fingerprint density at radius 2 is 1.86 bits per heavy atom. The zero-order chi connectivity index (χ0) is 30.6. The third kappa shape index (κ3) is 6.95. The molecule has 0 atom stereocenters. The highest BCUT2D eigenvalue weighted by Gasteiger charge is 2.30. The van der Waals surface area contributed by atoms with Gasteiger partial charge in [0.05, 0.1) is 43.2 Å². The van der Waals surface area contributed by atoms with Crippen LogP contribution in [0.4, 0.5) is 11.4 Å². The maximum atomic E-state index is 13.5. The molecule has 43 heavy (non-hydrogen) atoms. The lowest BCUT2D eigenvalue weighted by atomic mass is 10.0. The normalized spacial score (nSPS) is 13.1. The highest BCUT2D eigenvalue weighted by Crippen LogP contribution is 2.37. The van der Waals surface area contributed by atoms with Crippen molar-refractivity contribution in [2.75, 3.05) is 26.1 Å². The molecule has 2 aromatic heterocycles. The number of anilines is 2. The summed E-state index contributed by atoms with van der Waals surface area (Å²) in [6.45, 7) is 2.51.